The van der Waals surface area contributed by atoms with Crippen molar-refractivity contribution in [1.29, 1.82) is 0 Å². The van der Waals surface area contributed by atoms with Crippen LogP contribution in [0.4, 0.5) is 17.1 Å². The second kappa shape index (κ2) is 6.16. The molecule has 106 valence electrons. The highest BCUT2D eigenvalue weighted by atomic mass is 16.6. The Morgan fingerprint density at radius 1 is 1.45 bits per heavy atom. The topological polar surface area (TPSA) is 82.2 Å². The maximum atomic E-state index is 10.8. The SMILES string of the molecule is COCCn1cc(Nc2ccc([N+](=O)[O-])c(C)c2)cn1. The van der Waals surface area contributed by atoms with Crippen molar-refractivity contribution < 1.29 is 9.66 Å². The minimum Gasteiger partial charge on any atom is -0.383 e. The lowest BCUT2D eigenvalue weighted by molar-refractivity contribution is -0.385. The molecule has 1 aromatic heterocycles. The summed E-state index contributed by atoms with van der Waals surface area (Å²) in [7, 11) is 1.64. The van der Waals surface area contributed by atoms with Gasteiger partial charge in [0.05, 0.1) is 30.0 Å². The van der Waals surface area contributed by atoms with Crippen molar-refractivity contribution in [2.45, 2.75) is 13.5 Å². The number of nitro benzene ring substituents is 1. The first-order valence-electron chi connectivity index (χ1n) is 6.13. The summed E-state index contributed by atoms with van der Waals surface area (Å²) in [6, 6.07) is 4.91. The molecule has 0 aliphatic heterocycles. The molecule has 0 saturated heterocycles. The van der Waals surface area contributed by atoms with Crippen molar-refractivity contribution >= 4 is 17.1 Å². The molecule has 0 bridgehead atoms. The normalized spacial score (nSPS) is 10.5. The zero-order valence-corrected chi connectivity index (χ0v) is 11.4. The number of aryl methyl sites for hydroxylation is 1. The third-order valence-corrected chi connectivity index (χ3v) is 2.84. The summed E-state index contributed by atoms with van der Waals surface area (Å²) in [6.07, 6.45) is 3.56. The van der Waals surface area contributed by atoms with Crippen LogP contribution in [0.5, 0.6) is 0 Å². The fourth-order valence-corrected chi connectivity index (χ4v) is 1.84. The zero-order valence-electron chi connectivity index (χ0n) is 11.4. The molecule has 1 N–H and O–H groups in total. The van der Waals surface area contributed by atoms with Gasteiger partial charge < -0.3 is 10.1 Å². The monoisotopic (exact) mass is 276 g/mol. The van der Waals surface area contributed by atoms with Crippen LogP contribution >= 0.6 is 0 Å². The van der Waals surface area contributed by atoms with Gasteiger partial charge in [0, 0.05) is 30.6 Å². The van der Waals surface area contributed by atoms with Crippen LogP contribution in [0.2, 0.25) is 0 Å². The fraction of sp³-hybridized carbons (Fsp3) is 0.308. The predicted molar refractivity (Wildman–Crippen MR) is 75.2 cm³/mol. The molecule has 0 unspecified atom stereocenters. The molecule has 7 nitrogen and oxygen atoms in total. The van der Waals surface area contributed by atoms with Gasteiger partial charge in [0.2, 0.25) is 0 Å². The first-order valence-corrected chi connectivity index (χ1v) is 6.13. The third kappa shape index (κ3) is 3.33. The van der Waals surface area contributed by atoms with Crippen molar-refractivity contribution in [3.8, 4) is 0 Å². The van der Waals surface area contributed by atoms with Crippen LogP contribution in [0.3, 0.4) is 0 Å². The van der Waals surface area contributed by atoms with E-state index in [-0.39, 0.29) is 10.6 Å². The van der Waals surface area contributed by atoms with Crippen LogP contribution in [0.1, 0.15) is 5.56 Å². The third-order valence-electron chi connectivity index (χ3n) is 2.84. The minimum atomic E-state index is -0.387. The molecule has 1 heterocycles. The number of rotatable bonds is 6. The largest absolute Gasteiger partial charge is 0.383 e. The van der Waals surface area contributed by atoms with Gasteiger partial charge in [0.1, 0.15) is 0 Å². The minimum absolute atomic E-state index is 0.117. The van der Waals surface area contributed by atoms with Gasteiger partial charge >= 0.3 is 0 Å². The first-order chi connectivity index (χ1) is 9.60. The fourth-order valence-electron chi connectivity index (χ4n) is 1.84. The molecule has 0 fully saturated rings. The molecular weight excluding hydrogens is 260 g/mol. The number of ether oxygens (including phenoxy) is 1. The van der Waals surface area contributed by atoms with Crippen LogP contribution in [-0.2, 0) is 11.3 Å². The van der Waals surface area contributed by atoms with Gasteiger partial charge in [-0.3, -0.25) is 14.8 Å². The number of nitro groups is 1. The average molecular weight is 276 g/mol. The van der Waals surface area contributed by atoms with Gasteiger partial charge in [-0.25, -0.2) is 0 Å². The lowest BCUT2D eigenvalue weighted by Crippen LogP contribution is -2.03. The second-order valence-electron chi connectivity index (χ2n) is 4.37. The smallest absolute Gasteiger partial charge is 0.272 e. The van der Waals surface area contributed by atoms with Crippen molar-refractivity contribution in [3.63, 3.8) is 0 Å². The number of benzene rings is 1. The molecule has 7 heteroatoms. The maximum absolute atomic E-state index is 10.8. The van der Waals surface area contributed by atoms with Gasteiger partial charge in [0.25, 0.3) is 5.69 Å². The van der Waals surface area contributed by atoms with Crippen LogP contribution in [-0.4, -0.2) is 28.4 Å². The highest BCUT2D eigenvalue weighted by Crippen LogP contribution is 2.23. The molecule has 0 atom stereocenters. The van der Waals surface area contributed by atoms with Gasteiger partial charge in [-0.15, -0.1) is 0 Å². The molecule has 0 spiro atoms. The van der Waals surface area contributed by atoms with E-state index >= 15 is 0 Å². The van der Waals surface area contributed by atoms with E-state index < -0.39 is 0 Å². The number of hydrogen-bond donors (Lipinski definition) is 1. The van der Waals surface area contributed by atoms with E-state index in [2.05, 4.69) is 10.4 Å². The van der Waals surface area contributed by atoms with Crippen molar-refractivity contribution in [1.82, 2.24) is 9.78 Å². The Hall–Kier alpha value is -2.41. The Morgan fingerprint density at radius 3 is 2.90 bits per heavy atom. The number of nitrogens with zero attached hydrogens (tertiary/aromatic N) is 3. The van der Waals surface area contributed by atoms with Crippen LogP contribution in [0.15, 0.2) is 30.6 Å². The van der Waals surface area contributed by atoms with Gasteiger partial charge in [-0.1, -0.05) is 0 Å². The molecule has 0 radical (unpaired) electrons. The number of methoxy groups -OCH3 is 1. The number of nitrogens with one attached hydrogen (secondary N) is 1. The standard InChI is InChI=1S/C13H16N4O3/c1-10-7-11(3-4-13(10)17(18)19)15-12-8-14-16(9-12)5-6-20-2/h3-4,7-9,15H,5-6H2,1-2H3. The maximum Gasteiger partial charge on any atom is 0.272 e. The summed E-state index contributed by atoms with van der Waals surface area (Å²) in [5, 5.41) is 18.1. The number of aromatic nitrogens is 2. The molecule has 2 rings (SSSR count). The Kier molecular flexibility index (Phi) is 4.31. The Balaban J connectivity index is 2.08. The van der Waals surface area contributed by atoms with Crippen LogP contribution < -0.4 is 5.32 Å². The van der Waals surface area contributed by atoms with Crippen molar-refractivity contribution in [2.75, 3.05) is 19.0 Å². The number of hydrogen-bond acceptors (Lipinski definition) is 5. The lowest BCUT2D eigenvalue weighted by Gasteiger charge is -2.05. The van der Waals surface area contributed by atoms with Crippen LogP contribution in [0.25, 0.3) is 0 Å². The second-order valence-corrected chi connectivity index (χ2v) is 4.37. The Morgan fingerprint density at radius 2 is 2.25 bits per heavy atom. The van der Waals surface area contributed by atoms with Crippen LogP contribution in [0, 0.1) is 17.0 Å². The molecule has 20 heavy (non-hydrogen) atoms. The molecule has 0 amide bonds. The summed E-state index contributed by atoms with van der Waals surface area (Å²) in [5.74, 6) is 0. The predicted octanol–water partition coefficient (Wildman–Crippen LogP) is 2.49. The van der Waals surface area contributed by atoms with E-state index in [1.807, 2.05) is 6.20 Å². The molecule has 0 aliphatic rings. The summed E-state index contributed by atoms with van der Waals surface area (Å²) < 4.78 is 6.75. The van der Waals surface area contributed by atoms with Crippen molar-refractivity contribution in [2.24, 2.45) is 0 Å². The average Bonchev–Trinajstić information content (AvgIpc) is 2.83. The Labute approximate surface area is 116 Å². The van der Waals surface area contributed by atoms with Gasteiger partial charge in [-0.2, -0.15) is 5.10 Å². The van der Waals surface area contributed by atoms with E-state index in [0.717, 1.165) is 11.4 Å². The van der Waals surface area contributed by atoms with E-state index in [9.17, 15) is 10.1 Å². The van der Waals surface area contributed by atoms with Gasteiger partial charge in [-0.05, 0) is 19.1 Å². The molecule has 2 aromatic rings. The van der Waals surface area contributed by atoms with E-state index in [1.54, 1.807) is 37.0 Å². The molecule has 0 aliphatic carbocycles. The molecular formula is C13H16N4O3. The summed E-state index contributed by atoms with van der Waals surface area (Å²) in [5.41, 5.74) is 2.35. The summed E-state index contributed by atoms with van der Waals surface area (Å²) in [6.45, 7) is 2.99. The zero-order chi connectivity index (χ0) is 14.5. The summed E-state index contributed by atoms with van der Waals surface area (Å²) >= 11 is 0. The Bertz CT molecular complexity index is 609. The molecule has 0 saturated carbocycles. The number of anilines is 2. The van der Waals surface area contributed by atoms with Crippen molar-refractivity contribution in [3.05, 3.63) is 46.3 Å². The van der Waals surface area contributed by atoms with E-state index in [4.69, 9.17) is 4.74 Å². The first kappa shape index (κ1) is 14.0. The highest BCUT2D eigenvalue weighted by Gasteiger charge is 2.10. The summed E-state index contributed by atoms with van der Waals surface area (Å²) in [4.78, 5) is 10.4. The molecule has 1 aromatic carbocycles. The lowest BCUT2D eigenvalue weighted by atomic mass is 10.2. The van der Waals surface area contributed by atoms with Gasteiger partial charge in [0.15, 0.2) is 0 Å². The van der Waals surface area contributed by atoms with E-state index in [1.165, 1.54) is 6.07 Å². The quantitative estimate of drug-likeness (QED) is 0.647. The highest BCUT2D eigenvalue weighted by molar-refractivity contribution is 5.61. The van der Waals surface area contributed by atoms with E-state index in [0.29, 0.717) is 18.7 Å².